The Bertz CT molecular complexity index is 1520. The number of hydrogen-bond donors (Lipinski definition) is 2. The van der Waals surface area contributed by atoms with Gasteiger partial charge in [-0.2, -0.15) is 0 Å². The van der Waals surface area contributed by atoms with E-state index in [1.54, 1.807) is 42.1 Å². The van der Waals surface area contributed by atoms with Gasteiger partial charge in [-0.05, 0) is 54.0 Å². The largest absolute Gasteiger partial charge is 0.385 e. The fourth-order valence-corrected chi connectivity index (χ4v) is 4.08. The number of ether oxygens (including phenoxy) is 1. The summed E-state index contributed by atoms with van der Waals surface area (Å²) in [6.07, 6.45) is 2.43. The van der Waals surface area contributed by atoms with Crippen LogP contribution in [0.1, 0.15) is 27.9 Å². The lowest BCUT2D eigenvalue weighted by molar-refractivity contribution is 0.0951. The summed E-state index contributed by atoms with van der Waals surface area (Å²) in [4.78, 5) is 40.5. The van der Waals surface area contributed by atoms with Gasteiger partial charge in [0, 0.05) is 44.6 Å². The van der Waals surface area contributed by atoms with Gasteiger partial charge in [-0.15, -0.1) is 0 Å². The predicted molar refractivity (Wildman–Crippen MR) is 137 cm³/mol. The summed E-state index contributed by atoms with van der Waals surface area (Å²) >= 11 is 5.35. The van der Waals surface area contributed by atoms with E-state index in [1.165, 1.54) is 10.6 Å². The van der Waals surface area contributed by atoms with Gasteiger partial charge >= 0.3 is 0 Å². The molecule has 0 aliphatic carbocycles. The number of nitrogens with zero attached hydrogens (tertiary/aromatic N) is 2. The molecule has 4 aromatic rings. The van der Waals surface area contributed by atoms with Crippen LogP contribution in [-0.2, 0) is 24.4 Å². The Kier molecular flexibility index (Phi) is 7.69. The summed E-state index contributed by atoms with van der Waals surface area (Å²) in [5, 5.41) is 3.37. The summed E-state index contributed by atoms with van der Waals surface area (Å²) < 4.78 is 8.50. The highest BCUT2D eigenvalue weighted by Gasteiger charge is 2.11. The van der Waals surface area contributed by atoms with Crippen LogP contribution in [0.4, 0.5) is 0 Å². The number of fused-ring (bicyclic) bond motifs is 1. The van der Waals surface area contributed by atoms with E-state index in [2.05, 4.69) is 10.3 Å². The molecule has 2 aromatic carbocycles. The zero-order valence-corrected chi connectivity index (χ0v) is 20.1. The van der Waals surface area contributed by atoms with Crippen molar-refractivity contribution in [2.24, 2.45) is 0 Å². The van der Waals surface area contributed by atoms with Crippen LogP contribution in [0, 0.1) is 4.77 Å². The van der Waals surface area contributed by atoms with E-state index in [0.717, 1.165) is 11.1 Å². The van der Waals surface area contributed by atoms with Crippen LogP contribution in [0.3, 0.4) is 0 Å². The van der Waals surface area contributed by atoms with Crippen molar-refractivity contribution >= 4 is 29.0 Å². The van der Waals surface area contributed by atoms with Crippen molar-refractivity contribution in [1.29, 1.82) is 0 Å². The van der Waals surface area contributed by atoms with Crippen LogP contribution in [0.15, 0.2) is 76.4 Å². The maximum atomic E-state index is 12.8. The van der Waals surface area contributed by atoms with Crippen LogP contribution < -0.4 is 16.4 Å². The molecule has 0 saturated heterocycles. The Morgan fingerprint density at radius 3 is 2.57 bits per heavy atom. The Hall–Kier alpha value is -3.82. The topological polar surface area (TPSA) is 98.1 Å². The Balaban J connectivity index is 1.42. The minimum Gasteiger partial charge on any atom is -0.385 e. The predicted octanol–water partition coefficient (Wildman–Crippen LogP) is 3.24. The summed E-state index contributed by atoms with van der Waals surface area (Å²) in [5.74, 6) is -0.254. The van der Waals surface area contributed by atoms with E-state index < -0.39 is 0 Å². The quantitative estimate of drug-likeness (QED) is 0.277. The van der Waals surface area contributed by atoms with Gasteiger partial charge in [0.1, 0.15) is 0 Å². The Labute approximate surface area is 206 Å². The lowest BCUT2D eigenvalue weighted by Gasteiger charge is -2.10. The van der Waals surface area contributed by atoms with Crippen molar-refractivity contribution in [2.75, 3.05) is 13.7 Å². The number of aromatic nitrogens is 3. The van der Waals surface area contributed by atoms with Gasteiger partial charge in [0.2, 0.25) is 0 Å². The van der Waals surface area contributed by atoms with Crippen molar-refractivity contribution < 1.29 is 9.53 Å². The molecule has 9 heteroatoms. The first-order valence-corrected chi connectivity index (χ1v) is 11.6. The van der Waals surface area contributed by atoms with E-state index in [4.69, 9.17) is 17.0 Å². The maximum Gasteiger partial charge on any atom is 0.262 e. The van der Waals surface area contributed by atoms with Gasteiger partial charge in [-0.25, -0.2) is 0 Å². The standard InChI is InChI=1S/C26H26N4O4S/c1-34-14-4-13-30-25(33)21-11-10-20(15-22(21)28-26(30)35)24(32)27-16-18-6-8-19(9-7-18)17-29-12-3-2-5-23(29)31/h2-3,5-12,15H,4,13-14,16-17H2,1H3,(H,27,32)(H,28,35). The van der Waals surface area contributed by atoms with E-state index in [1.807, 2.05) is 30.3 Å². The molecule has 0 bridgehead atoms. The molecule has 0 radical (unpaired) electrons. The van der Waals surface area contributed by atoms with E-state index in [9.17, 15) is 14.4 Å². The lowest BCUT2D eigenvalue weighted by Crippen LogP contribution is -2.24. The molecule has 0 aliphatic rings. The molecular formula is C26H26N4O4S. The lowest BCUT2D eigenvalue weighted by atomic mass is 10.1. The number of hydrogen-bond acceptors (Lipinski definition) is 5. The zero-order valence-electron chi connectivity index (χ0n) is 19.3. The number of amides is 1. The highest BCUT2D eigenvalue weighted by molar-refractivity contribution is 7.71. The second-order valence-corrected chi connectivity index (χ2v) is 8.55. The molecule has 180 valence electrons. The molecular weight excluding hydrogens is 464 g/mol. The van der Waals surface area contributed by atoms with Gasteiger partial charge in [0.15, 0.2) is 4.77 Å². The molecule has 0 atom stereocenters. The molecule has 0 fully saturated rings. The number of nitrogens with one attached hydrogen (secondary N) is 2. The SMILES string of the molecule is COCCCn1c(=S)[nH]c2cc(C(=O)NCc3ccc(Cn4ccccc4=O)cc3)ccc2c1=O. The number of aromatic amines is 1. The Morgan fingerprint density at radius 1 is 1.06 bits per heavy atom. The van der Waals surface area contributed by atoms with Crippen molar-refractivity contribution in [1.82, 2.24) is 19.4 Å². The number of benzene rings is 2. The number of carbonyl (C=O) groups excluding carboxylic acids is 1. The number of carbonyl (C=O) groups is 1. The molecule has 0 aliphatic heterocycles. The number of pyridine rings is 1. The molecule has 0 spiro atoms. The second-order valence-electron chi connectivity index (χ2n) is 8.16. The molecule has 1 amide bonds. The van der Waals surface area contributed by atoms with E-state index >= 15 is 0 Å². The van der Waals surface area contributed by atoms with Gasteiger partial charge in [0.25, 0.3) is 17.0 Å². The summed E-state index contributed by atoms with van der Waals surface area (Å²) in [5.41, 5.74) is 2.64. The van der Waals surface area contributed by atoms with Gasteiger partial charge in [-0.1, -0.05) is 30.3 Å². The zero-order chi connectivity index (χ0) is 24.8. The van der Waals surface area contributed by atoms with Crippen molar-refractivity contribution in [2.45, 2.75) is 26.1 Å². The number of methoxy groups -OCH3 is 1. The van der Waals surface area contributed by atoms with Gasteiger partial charge < -0.3 is 19.6 Å². The first-order chi connectivity index (χ1) is 17.0. The molecule has 2 aromatic heterocycles. The minimum atomic E-state index is -0.254. The highest BCUT2D eigenvalue weighted by atomic mass is 32.1. The third-order valence-electron chi connectivity index (χ3n) is 5.70. The maximum absolute atomic E-state index is 12.8. The highest BCUT2D eigenvalue weighted by Crippen LogP contribution is 2.12. The van der Waals surface area contributed by atoms with Crippen molar-refractivity contribution in [3.05, 3.63) is 109 Å². The first-order valence-electron chi connectivity index (χ1n) is 11.2. The number of rotatable bonds is 9. The van der Waals surface area contributed by atoms with Crippen LogP contribution >= 0.6 is 12.2 Å². The number of H-pyrrole nitrogens is 1. The third kappa shape index (κ3) is 5.82. The van der Waals surface area contributed by atoms with Crippen LogP contribution in [0.25, 0.3) is 10.9 Å². The summed E-state index contributed by atoms with van der Waals surface area (Å²) in [6.45, 7) is 1.83. The van der Waals surface area contributed by atoms with Crippen LogP contribution in [0.5, 0.6) is 0 Å². The third-order valence-corrected chi connectivity index (χ3v) is 6.02. The molecule has 0 unspecified atom stereocenters. The molecule has 0 saturated carbocycles. The van der Waals surface area contributed by atoms with E-state index in [0.29, 0.717) is 53.9 Å². The van der Waals surface area contributed by atoms with Crippen LogP contribution in [-0.4, -0.2) is 33.7 Å². The average Bonchev–Trinajstić information content (AvgIpc) is 2.86. The van der Waals surface area contributed by atoms with Gasteiger partial charge in [-0.3, -0.25) is 19.0 Å². The monoisotopic (exact) mass is 490 g/mol. The average molecular weight is 491 g/mol. The smallest absolute Gasteiger partial charge is 0.262 e. The summed E-state index contributed by atoms with van der Waals surface area (Å²) in [7, 11) is 1.61. The second kappa shape index (κ2) is 11.1. The normalized spacial score (nSPS) is 11.0. The van der Waals surface area contributed by atoms with E-state index in [-0.39, 0.29) is 17.0 Å². The molecule has 35 heavy (non-hydrogen) atoms. The van der Waals surface area contributed by atoms with Gasteiger partial charge in [0.05, 0.1) is 17.4 Å². The molecule has 4 rings (SSSR count). The minimum absolute atomic E-state index is 0.0513. The van der Waals surface area contributed by atoms with Crippen molar-refractivity contribution in [3.63, 3.8) is 0 Å². The fourth-order valence-electron chi connectivity index (χ4n) is 3.80. The molecule has 8 nitrogen and oxygen atoms in total. The first kappa shape index (κ1) is 24.3. The van der Waals surface area contributed by atoms with Crippen molar-refractivity contribution in [3.8, 4) is 0 Å². The molecule has 2 N–H and O–H groups in total. The fraction of sp³-hybridized carbons (Fsp3) is 0.231. The molecule has 2 heterocycles. The Morgan fingerprint density at radius 2 is 1.83 bits per heavy atom. The summed E-state index contributed by atoms with van der Waals surface area (Å²) in [6, 6.07) is 17.7. The van der Waals surface area contributed by atoms with Crippen LogP contribution in [0.2, 0.25) is 0 Å².